The molecular weight excluding hydrogens is 436 g/mol. The number of rotatable bonds is 6. The number of carboxylic acid groups (broad SMARTS) is 1. The van der Waals surface area contributed by atoms with Crippen LogP contribution in [0, 0.1) is 17.2 Å². The summed E-state index contributed by atoms with van der Waals surface area (Å²) in [4.78, 5) is 25.9. The predicted octanol–water partition coefficient (Wildman–Crippen LogP) is 1.08. The number of aryl methyl sites for hydroxylation is 1. The van der Waals surface area contributed by atoms with E-state index >= 15 is 0 Å². The van der Waals surface area contributed by atoms with E-state index in [9.17, 15) is 14.7 Å². The van der Waals surface area contributed by atoms with Gasteiger partial charge in [0.05, 0.1) is 36.9 Å². The van der Waals surface area contributed by atoms with Gasteiger partial charge in [0.1, 0.15) is 12.4 Å². The van der Waals surface area contributed by atoms with Crippen molar-refractivity contribution in [2.45, 2.75) is 18.5 Å². The minimum atomic E-state index is -1.12. The van der Waals surface area contributed by atoms with Gasteiger partial charge in [-0.2, -0.15) is 10.4 Å². The van der Waals surface area contributed by atoms with E-state index in [1.807, 2.05) is 0 Å². The first kappa shape index (κ1) is 22.1. The number of amides is 1. The number of hydrogen-bond acceptors (Lipinski definition) is 7. The number of piperidine rings is 1. The van der Waals surface area contributed by atoms with Gasteiger partial charge in [-0.25, -0.2) is 4.79 Å². The van der Waals surface area contributed by atoms with Gasteiger partial charge in [0, 0.05) is 30.2 Å². The molecule has 3 heterocycles. The Labute approximate surface area is 189 Å². The summed E-state index contributed by atoms with van der Waals surface area (Å²) in [6, 6.07) is 8.44. The number of nitriles is 1. The summed E-state index contributed by atoms with van der Waals surface area (Å²) in [7, 11) is 1.65. The van der Waals surface area contributed by atoms with Crippen LogP contribution >= 0.6 is 11.6 Å². The monoisotopic (exact) mass is 458 g/mol. The summed E-state index contributed by atoms with van der Waals surface area (Å²) in [6.45, 7) is 1.62. The fourth-order valence-corrected chi connectivity index (χ4v) is 4.32. The maximum atomic E-state index is 12.9. The first-order valence-electron chi connectivity index (χ1n) is 10.2. The summed E-state index contributed by atoms with van der Waals surface area (Å²) in [5.74, 6) is -0.823. The van der Waals surface area contributed by atoms with Crippen LogP contribution in [0.15, 0.2) is 24.3 Å². The zero-order valence-electron chi connectivity index (χ0n) is 17.4. The standard InChI is InChI=1S/C21H23ClN6O4/c1-27-18(8-16(26-27)21(30)31)15-6-12(22)2-3-19(15)32-5-4-28-11-25-17-10-24-13(9-23)7-14(17)20(28)29/h2-3,6,8,13-14,17,24-25H,4-5,7,10-11H2,1H3,(H,30,31). The van der Waals surface area contributed by atoms with Gasteiger partial charge in [0.2, 0.25) is 5.91 Å². The third-order valence-electron chi connectivity index (χ3n) is 5.82. The summed E-state index contributed by atoms with van der Waals surface area (Å²) >= 11 is 6.16. The molecule has 4 rings (SSSR count). The number of halogens is 1. The molecule has 32 heavy (non-hydrogen) atoms. The molecule has 1 aromatic carbocycles. The molecule has 1 aromatic heterocycles. The van der Waals surface area contributed by atoms with Gasteiger partial charge >= 0.3 is 5.97 Å². The highest BCUT2D eigenvalue weighted by atomic mass is 35.5. The van der Waals surface area contributed by atoms with Crippen LogP contribution in [0.1, 0.15) is 16.9 Å². The predicted molar refractivity (Wildman–Crippen MR) is 115 cm³/mol. The van der Waals surface area contributed by atoms with Crippen LogP contribution in [0.2, 0.25) is 5.02 Å². The summed E-state index contributed by atoms with van der Waals surface area (Å²) < 4.78 is 7.43. The number of carboxylic acids is 1. The molecular formula is C21H23ClN6O4. The van der Waals surface area contributed by atoms with Crippen LogP contribution in [0.5, 0.6) is 5.75 Å². The van der Waals surface area contributed by atoms with Crippen LogP contribution in [0.3, 0.4) is 0 Å². The number of aromatic carboxylic acids is 1. The van der Waals surface area contributed by atoms with Crippen molar-refractivity contribution in [3.63, 3.8) is 0 Å². The second-order valence-electron chi connectivity index (χ2n) is 7.84. The molecule has 2 aliphatic heterocycles. The quantitative estimate of drug-likeness (QED) is 0.585. The van der Waals surface area contributed by atoms with E-state index in [1.165, 1.54) is 10.7 Å². The van der Waals surface area contributed by atoms with Gasteiger partial charge < -0.3 is 20.1 Å². The van der Waals surface area contributed by atoms with Crippen LogP contribution in [-0.2, 0) is 11.8 Å². The van der Waals surface area contributed by atoms with Crippen molar-refractivity contribution in [1.82, 2.24) is 25.3 Å². The van der Waals surface area contributed by atoms with Crippen molar-refractivity contribution in [2.24, 2.45) is 13.0 Å². The summed E-state index contributed by atoms with van der Waals surface area (Å²) in [5.41, 5.74) is 1.08. The van der Waals surface area contributed by atoms with Gasteiger partial charge in [0.25, 0.3) is 0 Å². The lowest BCUT2D eigenvalue weighted by atomic mass is 9.86. The Bertz CT molecular complexity index is 1080. The van der Waals surface area contributed by atoms with Crippen molar-refractivity contribution >= 4 is 23.5 Å². The van der Waals surface area contributed by atoms with Crippen LogP contribution in [0.4, 0.5) is 0 Å². The van der Waals surface area contributed by atoms with E-state index in [4.69, 9.17) is 21.6 Å². The molecule has 1 amide bonds. The Morgan fingerprint density at radius 1 is 1.41 bits per heavy atom. The number of nitrogens with one attached hydrogen (secondary N) is 2. The van der Waals surface area contributed by atoms with Crippen molar-refractivity contribution < 1.29 is 19.4 Å². The average molecular weight is 459 g/mol. The molecule has 2 aliphatic rings. The van der Waals surface area contributed by atoms with E-state index < -0.39 is 5.97 Å². The van der Waals surface area contributed by atoms with Crippen molar-refractivity contribution in [2.75, 3.05) is 26.4 Å². The molecule has 0 spiro atoms. The second kappa shape index (κ2) is 9.16. The van der Waals surface area contributed by atoms with Gasteiger partial charge in [-0.3, -0.25) is 14.8 Å². The second-order valence-corrected chi connectivity index (χ2v) is 8.27. The van der Waals surface area contributed by atoms with Crippen molar-refractivity contribution in [3.8, 4) is 23.1 Å². The van der Waals surface area contributed by atoms with E-state index in [0.717, 1.165) is 0 Å². The molecule has 11 heteroatoms. The fourth-order valence-electron chi connectivity index (χ4n) is 4.15. The lowest BCUT2D eigenvalue weighted by molar-refractivity contribution is -0.142. The van der Waals surface area contributed by atoms with E-state index in [-0.39, 0.29) is 36.2 Å². The molecule has 2 aromatic rings. The Hall–Kier alpha value is -3.13. The Morgan fingerprint density at radius 3 is 2.94 bits per heavy atom. The van der Waals surface area contributed by atoms with Gasteiger partial charge in [-0.05, 0) is 30.7 Å². The molecule has 3 N–H and O–H groups in total. The highest BCUT2D eigenvalue weighted by Crippen LogP contribution is 2.33. The molecule has 0 saturated carbocycles. The fraction of sp³-hybridized carbons (Fsp3) is 0.429. The number of nitrogens with zero attached hydrogens (tertiary/aromatic N) is 4. The molecule has 0 bridgehead atoms. The molecule has 3 atom stereocenters. The Balaban J connectivity index is 1.44. The number of benzene rings is 1. The Morgan fingerprint density at radius 2 is 2.22 bits per heavy atom. The summed E-state index contributed by atoms with van der Waals surface area (Å²) in [5, 5.41) is 29.4. The van der Waals surface area contributed by atoms with Gasteiger partial charge in [0.15, 0.2) is 5.69 Å². The average Bonchev–Trinajstić information content (AvgIpc) is 3.18. The van der Waals surface area contributed by atoms with Crippen molar-refractivity contribution in [3.05, 3.63) is 35.0 Å². The van der Waals surface area contributed by atoms with Crippen LogP contribution in [-0.4, -0.2) is 70.1 Å². The Kier molecular flexibility index (Phi) is 6.32. The maximum absolute atomic E-state index is 12.9. The maximum Gasteiger partial charge on any atom is 0.356 e. The normalized spacial score (nSPS) is 22.8. The molecule has 0 aliphatic carbocycles. The lowest BCUT2D eigenvalue weighted by Gasteiger charge is -2.42. The smallest absolute Gasteiger partial charge is 0.356 e. The molecule has 0 radical (unpaired) electrons. The minimum Gasteiger partial charge on any atom is -0.491 e. The minimum absolute atomic E-state index is 0.0214. The van der Waals surface area contributed by atoms with Crippen LogP contribution < -0.4 is 15.4 Å². The molecule has 2 saturated heterocycles. The zero-order valence-corrected chi connectivity index (χ0v) is 18.2. The number of carbonyl (C=O) groups excluding carboxylic acids is 1. The molecule has 2 fully saturated rings. The SMILES string of the molecule is Cn1nc(C(=O)O)cc1-c1cc(Cl)ccc1OCCN1CNC2CNC(C#N)CC2C1=O. The van der Waals surface area contributed by atoms with E-state index in [2.05, 4.69) is 21.8 Å². The third-order valence-corrected chi connectivity index (χ3v) is 6.06. The molecule has 3 unspecified atom stereocenters. The first-order valence-corrected chi connectivity index (χ1v) is 10.6. The number of carbonyl (C=O) groups is 2. The van der Waals surface area contributed by atoms with E-state index in [1.54, 1.807) is 30.1 Å². The number of aromatic nitrogens is 2. The number of ether oxygens (including phenoxy) is 1. The van der Waals surface area contributed by atoms with Crippen LogP contribution in [0.25, 0.3) is 11.3 Å². The first-order chi connectivity index (χ1) is 15.4. The number of fused-ring (bicyclic) bond motifs is 1. The lowest BCUT2D eigenvalue weighted by Crippen LogP contribution is -2.64. The number of hydrogen-bond donors (Lipinski definition) is 3. The largest absolute Gasteiger partial charge is 0.491 e. The zero-order chi connectivity index (χ0) is 22.8. The van der Waals surface area contributed by atoms with E-state index in [0.29, 0.717) is 48.2 Å². The highest BCUT2D eigenvalue weighted by Gasteiger charge is 2.40. The van der Waals surface area contributed by atoms with Gasteiger partial charge in [-0.15, -0.1) is 0 Å². The van der Waals surface area contributed by atoms with Gasteiger partial charge in [-0.1, -0.05) is 11.6 Å². The molecule has 168 valence electrons. The molecule has 10 nitrogen and oxygen atoms in total. The van der Waals surface area contributed by atoms with Crippen molar-refractivity contribution in [1.29, 1.82) is 5.26 Å². The summed E-state index contributed by atoms with van der Waals surface area (Å²) in [6.07, 6.45) is 0.484. The highest BCUT2D eigenvalue weighted by molar-refractivity contribution is 6.31. The third kappa shape index (κ3) is 4.41. The topological polar surface area (TPSA) is 133 Å².